The van der Waals surface area contributed by atoms with Crippen LogP contribution in [0.4, 0.5) is 4.39 Å². The molecule has 1 aromatic rings. The molecular weight excluding hydrogens is 267 g/mol. The van der Waals surface area contributed by atoms with Crippen LogP contribution in [0, 0.1) is 11.2 Å². The Labute approximate surface area is 125 Å². The van der Waals surface area contributed by atoms with E-state index in [0.717, 1.165) is 36.9 Å². The van der Waals surface area contributed by atoms with Gasteiger partial charge < -0.3 is 0 Å². The van der Waals surface area contributed by atoms with Crippen molar-refractivity contribution in [1.29, 1.82) is 0 Å². The Morgan fingerprint density at radius 3 is 3.00 bits per heavy atom. The zero-order valence-electron chi connectivity index (χ0n) is 12.7. The SMILES string of the molecule is C=C(CCc1cccc(F)c1)C1CC(C)(C)CN1NC=O. The summed E-state index contributed by atoms with van der Waals surface area (Å²) >= 11 is 0. The fourth-order valence-electron chi connectivity index (χ4n) is 3.00. The van der Waals surface area contributed by atoms with Crippen molar-refractivity contribution in [2.75, 3.05) is 6.54 Å². The fourth-order valence-corrected chi connectivity index (χ4v) is 3.00. The molecule has 0 aliphatic carbocycles. The van der Waals surface area contributed by atoms with Crippen molar-refractivity contribution < 1.29 is 9.18 Å². The van der Waals surface area contributed by atoms with E-state index >= 15 is 0 Å². The monoisotopic (exact) mass is 290 g/mol. The lowest BCUT2D eigenvalue weighted by molar-refractivity contribution is -0.114. The molecular formula is C17H23FN2O. The van der Waals surface area contributed by atoms with Crippen LogP contribution in [-0.4, -0.2) is 24.0 Å². The summed E-state index contributed by atoms with van der Waals surface area (Å²) in [6.07, 6.45) is 3.24. The molecule has 1 saturated heterocycles. The molecule has 0 bridgehead atoms. The molecule has 114 valence electrons. The molecule has 1 atom stereocenters. The van der Waals surface area contributed by atoms with E-state index in [0.29, 0.717) is 6.41 Å². The van der Waals surface area contributed by atoms with Gasteiger partial charge in [-0.15, -0.1) is 0 Å². The average molecular weight is 290 g/mol. The van der Waals surface area contributed by atoms with Gasteiger partial charge in [-0.2, -0.15) is 0 Å². The van der Waals surface area contributed by atoms with Crippen LogP contribution in [0.3, 0.4) is 0 Å². The van der Waals surface area contributed by atoms with Crippen LogP contribution in [0.5, 0.6) is 0 Å². The van der Waals surface area contributed by atoms with E-state index in [1.54, 1.807) is 12.1 Å². The largest absolute Gasteiger partial charge is 0.291 e. The lowest BCUT2D eigenvalue weighted by Crippen LogP contribution is -2.42. The highest BCUT2D eigenvalue weighted by Crippen LogP contribution is 2.36. The van der Waals surface area contributed by atoms with E-state index in [9.17, 15) is 9.18 Å². The van der Waals surface area contributed by atoms with Crippen LogP contribution in [0.25, 0.3) is 0 Å². The van der Waals surface area contributed by atoms with Gasteiger partial charge in [0.25, 0.3) is 0 Å². The number of hydrogen-bond acceptors (Lipinski definition) is 2. The summed E-state index contributed by atoms with van der Waals surface area (Å²) in [6.45, 7) is 9.37. The number of hydrazine groups is 1. The van der Waals surface area contributed by atoms with Gasteiger partial charge in [-0.3, -0.25) is 10.2 Å². The first-order valence-corrected chi connectivity index (χ1v) is 7.30. The molecule has 21 heavy (non-hydrogen) atoms. The molecule has 0 radical (unpaired) electrons. The number of nitrogens with zero attached hydrogens (tertiary/aromatic N) is 1. The molecule has 1 aliphatic heterocycles. The minimum atomic E-state index is -0.204. The first-order chi connectivity index (χ1) is 9.91. The highest BCUT2D eigenvalue weighted by Gasteiger charge is 2.38. The maximum atomic E-state index is 13.2. The average Bonchev–Trinajstić information content (AvgIpc) is 2.72. The Morgan fingerprint density at radius 1 is 1.57 bits per heavy atom. The van der Waals surface area contributed by atoms with Crippen LogP contribution < -0.4 is 5.43 Å². The molecule has 1 amide bonds. The lowest BCUT2D eigenvalue weighted by Gasteiger charge is -2.24. The molecule has 1 unspecified atom stereocenters. The van der Waals surface area contributed by atoms with Gasteiger partial charge in [-0.25, -0.2) is 9.40 Å². The Kier molecular flexibility index (Phi) is 4.78. The van der Waals surface area contributed by atoms with Crippen molar-refractivity contribution in [3.63, 3.8) is 0 Å². The van der Waals surface area contributed by atoms with Crippen molar-refractivity contribution in [3.05, 3.63) is 47.8 Å². The van der Waals surface area contributed by atoms with Crippen LogP contribution in [-0.2, 0) is 11.2 Å². The first kappa shape index (κ1) is 15.7. The number of halogens is 1. The number of benzene rings is 1. The molecule has 4 heteroatoms. The van der Waals surface area contributed by atoms with Crippen molar-refractivity contribution in [2.24, 2.45) is 5.41 Å². The standard InChI is InChI=1S/C17H23FN2O/c1-13(7-8-14-5-4-6-15(18)9-14)16-10-17(2,3)11-20(16)19-12-21/h4-6,9,12,16H,1,7-8,10-11H2,2-3H3,(H,19,21). The van der Waals surface area contributed by atoms with Gasteiger partial charge in [0.15, 0.2) is 0 Å². The van der Waals surface area contributed by atoms with Gasteiger partial charge in [-0.1, -0.05) is 38.1 Å². The number of hydrogen-bond donors (Lipinski definition) is 1. The topological polar surface area (TPSA) is 32.3 Å². The Morgan fingerprint density at radius 2 is 2.33 bits per heavy atom. The van der Waals surface area contributed by atoms with Crippen molar-refractivity contribution >= 4 is 6.41 Å². The molecule has 0 saturated carbocycles. The number of amides is 1. The number of carbonyl (C=O) groups excluding carboxylic acids is 1. The Balaban J connectivity index is 1.97. The van der Waals surface area contributed by atoms with Crippen molar-refractivity contribution in [3.8, 4) is 0 Å². The predicted octanol–water partition coefficient (Wildman–Crippen LogP) is 3.08. The van der Waals surface area contributed by atoms with E-state index in [4.69, 9.17) is 0 Å². The predicted molar refractivity (Wildman–Crippen MR) is 82.0 cm³/mol. The second kappa shape index (κ2) is 6.39. The lowest BCUT2D eigenvalue weighted by atomic mass is 9.87. The van der Waals surface area contributed by atoms with Crippen molar-refractivity contribution in [1.82, 2.24) is 10.4 Å². The number of aryl methyl sites for hydroxylation is 1. The summed E-state index contributed by atoms with van der Waals surface area (Å²) < 4.78 is 13.2. The second-order valence-corrected chi connectivity index (χ2v) is 6.55. The smallest absolute Gasteiger partial charge is 0.221 e. The molecule has 0 spiro atoms. The third kappa shape index (κ3) is 4.14. The first-order valence-electron chi connectivity index (χ1n) is 7.30. The van der Waals surface area contributed by atoms with Gasteiger partial charge in [0, 0.05) is 6.54 Å². The van der Waals surface area contributed by atoms with Crippen LogP contribution in [0.15, 0.2) is 36.4 Å². The quantitative estimate of drug-likeness (QED) is 0.645. The van der Waals surface area contributed by atoms with Gasteiger partial charge in [0.1, 0.15) is 5.82 Å². The number of rotatable bonds is 6. The van der Waals surface area contributed by atoms with E-state index in [1.165, 1.54) is 6.07 Å². The molecule has 1 fully saturated rings. The number of carbonyl (C=O) groups is 1. The summed E-state index contributed by atoms with van der Waals surface area (Å²) in [4.78, 5) is 10.7. The molecule has 1 aliphatic rings. The minimum absolute atomic E-state index is 0.152. The molecule has 1 aromatic carbocycles. The second-order valence-electron chi connectivity index (χ2n) is 6.55. The maximum Gasteiger partial charge on any atom is 0.221 e. The third-order valence-electron chi connectivity index (χ3n) is 4.03. The van der Waals surface area contributed by atoms with Crippen LogP contribution >= 0.6 is 0 Å². The summed E-state index contributed by atoms with van der Waals surface area (Å²) in [5.74, 6) is -0.204. The van der Waals surface area contributed by atoms with E-state index in [2.05, 4.69) is 25.9 Å². The maximum absolute atomic E-state index is 13.2. The van der Waals surface area contributed by atoms with Crippen LogP contribution in [0.2, 0.25) is 0 Å². The molecule has 3 nitrogen and oxygen atoms in total. The zero-order chi connectivity index (χ0) is 15.5. The normalized spacial score (nSPS) is 21.2. The van der Waals surface area contributed by atoms with Crippen molar-refractivity contribution in [2.45, 2.75) is 39.2 Å². The summed E-state index contributed by atoms with van der Waals surface area (Å²) in [6, 6.07) is 6.82. The molecule has 2 rings (SSSR count). The number of nitrogens with one attached hydrogen (secondary N) is 1. The van der Waals surface area contributed by atoms with Gasteiger partial charge in [-0.05, 0) is 42.4 Å². The highest BCUT2D eigenvalue weighted by atomic mass is 19.1. The van der Waals surface area contributed by atoms with Gasteiger partial charge in [0.05, 0.1) is 6.04 Å². The van der Waals surface area contributed by atoms with E-state index in [-0.39, 0.29) is 17.3 Å². The molecule has 1 N–H and O–H groups in total. The zero-order valence-corrected chi connectivity index (χ0v) is 12.7. The third-order valence-corrected chi connectivity index (χ3v) is 4.03. The minimum Gasteiger partial charge on any atom is -0.291 e. The van der Waals surface area contributed by atoms with E-state index < -0.39 is 0 Å². The van der Waals surface area contributed by atoms with Gasteiger partial charge in [0.2, 0.25) is 6.41 Å². The summed E-state index contributed by atoms with van der Waals surface area (Å²) in [7, 11) is 0. The summed E-state index contributed by atoms with van der Waals surface area (Å²) in [5, 5.41) is 1.96. The van der Waals surface area contributed by atoms with E-state index in [1.807, 2.05) is 11.1 Å². The van der Waals surface area contributed by atoms with Gasteiger partial charge >= 0.3 is 0 Å². The fraction of sp³-hybridized carbons (Fsp3) is 0.471. The molecule has 1 heterocycles. The summed E-state index contributed by atoms with van der Waals surface area (Å²) in [5.41, 5.74) is 4.98. The molecule has 0 aromatic heterocycles. The Hall–Kier alpha value is -1.68. The highest BCUT2D eigenvalue weighted by molar-refractivity contribution is 5.45. The Bertz CT molecular complexity index is 527. The van der Waals surface area contributed by atoms with Crippen LogP contribution in [0.1, 0.15) is 32.3 Å².